The monoisotopic (exact) mass is 286 g/mol. The van der Waals surface area contributed by atoms with Crippen LogP contribution in [0.15, 0.2) is 35.7 Å². The van der Waals surface area contributed by atoms with Crippen LogP contribution in [0.25, 0.3) is 0 Å². The Labute approximate surface area is 123 Å². The van der Waals surface area contributed by atoms with Crippen LogP contribution in [0.2, 0.25) is 0 Å². The van der Waals surface area contributed by atoms with Gasteiger partial charge in [0.15, 0.2) is 0 Å². The third-order valence-corrected chi connectivity index (χ3v) is 4.77. The SMILES string of the molecule is Cc1ccsc1C(=O)NCC1NCCc2ccccc21. The molecule has 4 heteroatoms. The van der Waals surface area contributed by atoms with E-state index in [9.17, 15) is 4.79 Å². The van der Waals surface area contributed by atoms with Gasteiger partial charge in [-0.1, -0.05) is 24.3 Å². The van der Waals surface area contributed by atoms with Crippen molar-refractivity contribution in [3.05, 3.63) is 57.3 Å². The van der Waals surface area contributed by atoms with Crippen LogP contribution in [0.4, 0.5) is 0 Å². The van der Waals surface area contributed by atoms with Gasteiger partial charge >= 0.3 is 0 Å². The van der Waals surface area contributed by atoms with Gasteiger partial charge in [0, 0.05) is 12.6 Å². The van der Waals surface area contributed by atoms with Crippen LogP contribution in [-0.4, -0.2) is 19.0 Å². The summed E-state index contributed by atoms with van der Waals surface area (Å²) in [5.41, 5.74) is 3.74. The molecule has 0 saturated carbocycles. The summed E-state index contributed by atoms with van der Waals surface area (Å²) < 4.78 is 0. The molecule has 20 heavy (non-hydrogen) atoms. The maximum Gasteiger partial charge on any atom is 0.261 e. The molecule has 3 rings (SSSR count). The molecule has 2 N–H and O–H groups in total. The average molecular weight is 286 g/mol. The number of aryl methyl sites for hydroxylation is 1. The summed E-state index contributed by atoms with van der Waals surface area (Å²) in [6, 6.07) is 10.7. The van der Waals surface area contributed by atoms with E-state index in [1.165, 1.54) is 22.5 Å². The van der Waals surface area contributed by atoms with Crippen LogP contribution in [-0.2, 0) is 6.42 Å². The normalized spacial score (nSPS) is 17.6. The Balaban J connectivity index is 1.68. The van der Waals surface area contributed by atoms with E-state index < -0.39 is 0 Å². The molecule has 3 nitrogen and oxygen atoms in total. The second-order valence-electron chi connectivity index (χ2n) is 5.10. The first-order chi connectivity index (χ1) is 9.75. The lowest BCUT2D eigenvalue weighted by molar-refractivity contribution is 0.0952. The molecule has 1 aromatic carbocycles. The molecule has 2 heterocycles. The Morgan fingerprint density at radius 1 is 1.40 bits per heavy atom. The van der Waals surface area contributed by atoms with Gasteiger partial charge in [-0.15, -0.1) is 11.3 Å². The fraction of sp³-hybridized carbons (Fsp3) is 0.312. The van der Waals surface area contributed by atoms with Gasteiger partial charge in [-0.3, -0.25) is 4.79 Å². The first-order valence-electron chi connectivity index (χ1n) is 6.89. The Bertz CT molecular complexity index is 620. The predicted molar refractivity (Wildman–Crippen MR) is 82.3 cm³/mol. The summed E-state index contributed by atoms with van der Waals surface area (Å²) >= 11 is 1.50. The molecule has 0 saturated heterocycles. The van der Waals surface area contributed by atoms with E-state index in [0.29, 0.717) is 6.54 Å². The number of carbonyl (C=O) groups is 1. The van der Waals surface area contributed by atoms with Crippen molar-refractivity contribution in [2.24, 2.45) is 0 Å². The third kappa shape index (κ3) is 2.62. The van der Waals surface area contributed by atoms with Crippen LogP contribution in [0, 0.1) is 6.92 Å². The van der Waals surface area contributed by atoms with E-state index >= 15 is 0 Å². The van der Waals surface area contributed by atoms with Crippen molar-refractivity contribution in [3.63, 3.8) is 0 Å². The van der Waals surface area contributed by atoms with Crippen LogP contribution in [0.1, 0.15) is 32.4 Å². The summed E-state index contributed by atoms with van der Waals surface area (Å²) in [6.45, 7) is 3.57. The smallest absolute Gasteiger partial charge is 0.261 e. The maximum absolute atomic E-state index is 12.2. The molecule has 1 aliphatic rings. The summed E-state index contributed by atoms with van der Waals surface area (Å²) in [6.07, 6.45) is 1.06. The largest absolute Gasteiger partial charge is 0.349 e. The number of nitrogens with one attached hydrogen (secondary N) is 2. The number of hydrogen-bond donors (Lipinski definition) is 2. The first kappa shape index (κ1) is 13.3. The molecule has 0 fully saturated rings. The average Bonchev–Trinajstić information content (AvgIpc) is 2.91. The highest BCUT2D eigenvalue weighted by Gasteiger charge is 2.20. The second-order valence-corrected chi connectivity index (χ2v) is 6.01. The zero-order chi connectivity index (χ0) is 13.9. The molecule has 1 atom stereocenters. The third-order valence-electron chi connectivity index (χ3n) is 3.75. The summed E-state index contributed by atoms with van der Waals surface area (Å²) in [5, 5.41) is 8.48. The number of hydrogen-bond acceptors (Lipinski definition) is 3. The molecule has 0 aliphatic carbocycles. The Morgan fingerprint density at radius 2 is 2.25 bits per heavy atom. The molecule has 0 bridgehead atoms. The Kier molecular flexibility index (Phi) is 3.85. The quantitative estimate of drug-likeness (QED) is 0.911. The van der Waals surface area contributed by atoms with Gasteiger partial charge in [0.25, 0.3) is 5.91 Å². The lowest BCUT2D eigenvalue weighted by Crippen LogP contribution is -2.38. The summed E-state index contributed by atoms with van der Waals surface area (Å²) in [5.74, 6) is 0.0300. The van der Waals surface area contributed by atoms with Gasteiger partial charge in [0.1, 0.15) is 0 Å². The van der Waals surface area contributed by atoms with E-state index in [1.54, 1.807) is 0 Å². The number of carbonyl (C=O) groups excluding carboxylic acids is 1. The molecule has 1 amide bonds. The highest BCUT2D eigenvalue weighted by molar-refractivity contribution is 7.12. The van der Waals surface area contributed by atoms with Crippen molar-refractivity contribution in [2.45, 2.75) is 19.4 Å². The van der Waals surface area contributed by atoms with Crippen molar-refractivity contribution in [1.29, 1.82) is 0 Å². The van der Waals surface area contributed by atoms with Gasteiger partial charge < -0.3 is 10.6 Å². The second kappa shape index (κ2) is 5.77. The molecule has 0 radical (unpaired) electrons. The zero-order valence-electron chi connectivity index (χ0n) is 11.5. The van der Waals surface area contributed by atoms with Gasteiger partial charge in [-0.25, -0.2) is 0 Å². The first-order valence-corrected chi connectivity index (χ1v) is 7.77. The number of benzene rings is 1. The van der Waals surface area contributed by atoms with Gasteiger partial charge in [0.05, 0.1) is 4.88 Å². The lowest BCUT2D eigenvalue weighted by atomic mass is 9.94. The van der Waals surface area contributed by atoms with Crippen molar-refractivity contribution in [1.82, 2.24) is 10.6 Å². The Morgan fingerprint density at radius 3 is 3.05 bits per heavy atom. The summed E-state index contributed by atoms with van der Waals surface area (Å²) in [7, 11) is 0. The minimum absolute atomic E-state index is 0.0300. The van der Waals surface area contributed by atoms with Crippen LogP contribution in [0.5, 0.6) is 0 Å². The minimum atomic E-state index is 0.0300. The van der Waals surface area contributed by atoms with Gasteiger partial charge in [0.2, 0.25) is 0 Å². The lowest BCUT2D eigenvalue weighted by Gasteiger charge is -2.27. The fourth-order valence-corrected chi connectivity index (χ4v) is 3.50. The van der Waals surface area contributed by atoms with Crippen molar-refractivity contribution < 1.29 is 4.79 Å². The topological polar surface area (TPSA) is 41.1 Å². The molecular weight excluding hydrogens is 268 g/mol. The zero-order valence-corrected chi connectivity index (χ0v) is 12.3. The predicted octanol–water partition coefficient (Wildman–Crippen LogP) is 2.67. The molecule has 2 aromatic rings. The maximum atomic E-state index is 12.2. The highest BCUT2D eigenvalue weighted by Crippen LogP contribution is 2.22. The molecule has 1 unspecified atom stereocenters. The molecule has 0 spiro atoms. The van der Waals surface area contributed by atoms with Crippen molar-refractivity contribution in [3.8, 4) is 0 Å². The van der Waals surface area contributed by atoms with Gasteiger partial charge in [-0.05, 0) is 48.0 Å². The van der Waals surface area contributed by atoms with Crippen molar-refractivity contribution >= 4 is 17.2 Å². The minimum Gasteiger partial charge on any atom is -0.349 e. The molecule has 1 aliphatic heterocycles. The van der Waals surface area contributed by atoms with Crippen molar-refractivity contribution in [2.75, 3.05) is 13.1 Å². The van der Waals surface area contributed by atoms with Gasteiger partial charge in [-0.2, -0.15) is 0 Å². The van der Waals surface area contributed by atoms with E-state index in [-0.39, 0.29) is 11.9 Å². The Hall–Kier alpha value is -1.65. The van der Waals surface area contributed by atoms with E-state index in [4.69, 9.17) is 0 Å². The molecule has 1 aromatic heterocycles. The standard InChI is InChI=1S/C16H18N2OS/c1-11-7-9-20-15(11)16(19)18-10-14-13-5-3-2-4-12(13)6-8-17-14/h2-5,7,9,14,17H,6,8,10H2,1H3,(H,18,19). The number of fused-ring (bicyclic) bond motifs is 1. The van der Waals surface area contributed by atoms with E-state index in [0.717, 1.165) is 23.4 Å². The summed E-state index contributed by atoms with van der Waals surface area (Å²) in [4.78, 5) is 13.0. The van der Waals surface area contributed by atoms with E-state index in [2.05, 4.69) is 34.9 Å². The van der Waals surface area contributed by atoms with Crippen LogP contribution < -0.4 is 10.6 Å². The number of amides is 1. The van der Waals surface area contributed by atoms with Crippen LogP contribution in [0.3, 0.4) is 0 Å². The number of rotatable bonds is 3. The number of thiophene rings is 1. The molecular formula is C16H18N2OS. The highest BCUT2D eigenvalue weighted by atomic mass is 32.1. The molecule has 104 valence electrons. The fourth-order valence-electron chi connectivity index (χ4n) is 2.66. The van der Waals surface area contributed by atoms with E-state index in [1.807, 2.05) is 18.4 Å². The van der Waals surface area contributed by atoms with Crippen LogP contribution >= 0.6 is 11.3 Å².